The third kappa shape index (κ3) is 5.04. The van der Waals surface area contributed by atoms with Crippen LogP contribution in [-0.4, -0.2) is 36.5 Å². The molecule has 0 aromatic heterocycles. The number of carbonyl (C=O) groups excluding carboxylic acids is 1. The van der Waals surface area contributed by atoms with Gasteiger partial charge in [0.05, 0.1) is 27.5 Å². The molecule has 0 unspecified atom stereocenters. The Hall–Kier alpha value is -3.54. The van der Waals surface area contributed by atoms with Gasteiger partial charge in [0.1, 0.15) is 6.04 Å². The average Bonchev–Trinajstić information content (AvgIpc) is 2.62. The lowest BCUT2D eigenvalue weighted by atomic mass is 10.1. The van der Waals surface area contributed by atoms with E-state index in [4.69, 9.17) is 0 Å². The van der Waals surface area contributed by atoms with Crippen LogP contribution in [0.5, 0.6) is 0 Å². The fraction of sp³-hybridized carbons (Fsp3) is 0.235. The molecular formula is C17H18N4O7S. The predicted octanol–water partition coefficient (Wildman–Crippen LogP) is 2.60. The molecule has 1 atom stereocenters. The van der Waals surface area contributed by atoms with Crippen LogP contribution in [0, 0.1) is 27.2 Å². The molecule has 0 fully saturated rings. The molecule has 2 aromatic carbocycles. The maximum Gasteiger partial charge on any atom is 0.271 e. The van der Waals surface area contributed by atoms with Gasteiger partial charge in [-0.15, -0.1) is 0 Å². The maximum atomic E-state index is 12.7. The van der Waals surface area contributed by atoms with Crippen molar-refractivity contribution < 1.29 is 23.1 Å². The van der Waals surface area contributed by atoms with Gasteiger partial charge in [0.25, 0.3) is 11.4 Å². The van der Waals surface area contributed by atoms with Crippen LogP contribution in [0.15, 0.2) is 42.5 Å². The molecule has 0 aliphatic heterocycles. The number of nitrogens with zero attached hydrogens (tertiary/aromatic N) is 3. The predicted molar refractivity (Wildman–Crippen MR) is 106 cm³/mol. The summed E-state index contributed by atoms with van der Waals surface area (Å²) in [7, 11) is -3.99. The van der Waals surface area contributed by atoms with Crippen LogP contribution in [0.2, 0.25) is 0 Å². The number of hydrogen-bond acceptors (Lipinski definition) is 7. The number of non-ortho nitro benzene ring substituents is 2. The number of rotatable bonds is 7. The lowest BCUT2D eigenvalue weighted by Gasteiger charge is -2.28. The van der Waals surface area contributed by atoms with E-state index in [0.717, 1.165) is 22.7 Å². The van der Waals surface area contributed by atoms with Gasteiger partial charge in [0, 0.05) is 24.3 Å². The number of sulfonamides is 1. The first-order valence-corrected chi connectivity index (χ1v) is 10.1. The van der Waals surface area contributed by atoms with Crippen LogP contribution in [0.4, 0.5) is 22.7 Å². The zero-order valence-corrected chi connectivity index (χ0v) is 16.5. The van der Waals surface area contributed by atoms with Crippen LogP contribution in [0.25, 0.3) is 0 Å². The Morgan fingerprint density at radius 2 is 1.66 bits per heavy atom. The fourth-order valence-corrected chi connectivity index (χ4v) is 3.81. The molecular weight excluding hydrogens is 404 g/mol. The summed E-state index contributed by atoms with van der Waals surface area (Å²) in [5.74, 6) is -0.759. The number of benzene rings is 2. The quantitative estimate of drug-likeness (QED) is 0.531. The van der Waals surface area contributed by atoms with Gasteiger partial charge >= 0.3 is 0 Å². The van der Waals surface area contributed by atoms with Crippen molar-refractivity contribution in [2.24, 2.45) is 0 Å². The van der Waals surface area contributed by atoms with Crippen molar-refractivity contribution in [2.45, 2.75) is 19.9 Å². The van der Waals surface area contributed by atoms with Crippen molar-refractivity contribution in [3.63, 3.8) is 0 Å². The summed E-state index contributed by atoms with van der Waals surface area (Å²) >= 11 is 0. The van der Waals surface area contributed by atoms with E-state index in [1.54, 1.807) is 6.92 Å². The van der Waals surface area contributed by atoms with E-state index >= 15 is 0 Å². The number of amides is 1. The number of nitro benzene ring substituents is 2. The van der Waals surface area contributed by atoms with Crippen molar-refractivity contribution in [1.29, 1.82) is 0 Å². The number of carbonyl (C=O) groups is 1. The first kappa shape index (κ1) is 21.8. The number of nitro groups is 2. The van der Waals surface area contributed by atoms with Crippen molar-refractivity contribution in [3.8, 4) is 0 Å². The minimum absolute atomic E-state index is 0.0554. The van der Waals surface area contributed by atoms with E-state index in [2.05, 4.69) is 5.32 Å². The summed E-state index contributed by atoms with van der Waals surface area (Å²) in [5.41, 5.74) is 0.0663. The largest absolute Gasteiger partial charge is 0.324 e. The Morgan fingerprint density at radius 3 is 2.21 bits per heavy atom. The smallest absolute Gasteiger partial charge is 0.271 e. The first-order valence-electron chi connectivity index (χ1n) is 8.21. The van der Waals surface area contributed by atoms with E-state index in [1.165, 1.54) is 37.3 Å². The number of aryl methyl sites for hydroxylation is 1. The molecule has 0 radical (unpaired) electrons. The van der Waals surface area contributed by atoms with Gasteiger partial charge in [0.2, 0.25) is 15.9 Å². The molecule has 0 heterocycles. The van der Waals surface area contributed by atoms with E-state index < -0.39 is 31.8 Å². The van der Waals surface area contributed by atoms with Gasteiger partial charge in [-0.3, -0.25) is 29.3 Å². The second kappa shape index (κ2) is 8.22. The highest BCUT2D eigenvalue weighted by atomic mass is 32.2. The standard InChI is InChI=1S/C17H18N4O7S/c1-11-7-8-15(21(25)26)10-16(11)18-17(22)12(2)19(29(3,27)28)13-5-4-6-14(9-13)20(23)24/h4-10,12H,1-3H3,(H,18,22)/t12-/m1/s1. The zero-order valence-electron chi connectivity index (χ0n) is 15.7. The van der Waals surface area contributed by atoms with E-state index in [0.29, 0.717) is 5.56 Å². The minimum atomic E-state index is -3.99. The molecule has 154 valence electrons. The van der Waals surface area contributed by atoms with Crippen molar-refractivity contribution in [2.75, 3.05) is 15.9 Å². The number of anilines is 2. The van der Waals surface area contributed by atoms with Crippen molar-refractivity contribution in [3.05, 3.63) is 68.3 Å². The van der Waals surface area contributed by atoms with Gasteiger partial charge in [-0.05, 0) is 25.5 Å². The molecule has 29 heavy (non-hydrogen) atoms. The molecule has 0 bridgehead atoms. The summed E-state index contributed by atoms with van der Waals surface area (Å²) < 4.78 is 25.4. The van der Waals surface area contributed by atoms with Crippen LogP contribution < -0.4 is 9.62 Å². The summed E-state index contributed by atoms with van der Waals surface area (Å²) in [6, 6.07) is 7.49. The molecule has 2 rings (SSSR count). The van der Waals surface area contributed by atoms with Gasteiger partial charge in [-0.1, -0.05) is 12.1 Å². The van der Waals surface area contributed by atoms with Crippen LogP contribution in [0.1, 0.15) is 12.5 Å². The van der Waals surface area contributed by atoms with E-state index in [-0.39, 0.29) is 22.7 Å². The van der Waals surface area contributed by atoms with E-state index in [1.807, 2.05) is 0 Å². The normalized spacial score (nSPS) is 12.1. The monoisotopic (exact) mass is 422 g/mol. The van der Waals surface area contributed by atoms with Crippen LogP contribution >= 0.6 is 0 Å². The molecule has 0 aliphatic rings. The second-order valence-corrected chi connectivity index (χ2v) is 8.12. The molecule has 2 aromatic rings. The molecule has 0 spiro atoms. The molecule has 0 saturated carbocycles. The van der Waals surface area contributed by atoms with Gasteiger partial charge < -0.3 is 5.32 Å². The highest BCUT2D eigenvalue weighted by molar-refractivity contribution is 7.92. The first-order chi connectivity index (χ1) is 13.4. The Kier molecular flexibility index (Phi) is 6.17. The molecule has 11 nitrogen and oxygen atoms in total. The molecule has 12 heteroatoms. The van der Waals surface area contributed by atoms with Crippen molar-refractivity contribution in [1.82, 2.24) is 0 Å². The minimum Gasteiger partial charge on any atom is -0.324 e. The lowest BCUT2D eigenvalue weighted by Crippen LogP contribution is -2.45. The summed E-state index contributed by atoms with van der Waals surface area (Å²) in [6.45, 7) is 2.93. The summed E-state index contributed by atoms with van der Waals surface area (Å²) in [4.78, 5) is 33.3. The van der Waals surface area contributed by atoms with Crippen LogP contribution in [-0.2, 0) is 14.8 Å². The Labute approximate surface area is 166 Å². The fourth-order valence-electron chi connectivity index (χ4n) is 2.65. The topological polar surface area (TPSA) is 153 Å². The van der Waals surface area contributed by atoms with E-state index in [9.17, 15) is 33.4 Å². The van der Waals surface area contributed by atoms with Crippen LogP contribution in [0.3, 0.4) is 0 Å². The van der Waals surface area contributed by atoms with Gasteiger partial charge in [-0.2, -0.15) is 0 Å². The van der Waals surface area contributed by atoms with Gasteiger partial charge in [-0.25, -0.2) is 8.42 Å². The highest BCUT2D eigenvalue weighted by Gasteiger charge is 2.30. The number of nitrogens with one attached hydrogen (secondary N) is 1. The number of hydrogen-bond donors (Lipinski definition) is 1. The Morgan fingerprint density at radius 1 is 1.07 bits per heavy atom. The Bertz CT molecular complexity index is 1080. The maximum absolute atomic E-state index is 12.7. The molecule has 1 N–H and O–H groups in total. The van der Waals surface area contributed by atoms with Crippen molar-refractivity contribution >= 4 is 38.7 Å². The summed E-state index contributed by atoms with van der Waals surface area (Å²) in [5, 5.41) is 24.4. The third-order valence-electron chi connectivity index (χ3n) is 4.07. The summed E-state index contributed by atoms with van der Waals surface area (Å²) in [6.07, 6.45) is 0.869. The SMILES string of the molecule is Cc1ccc([N+](=O)[O-])cc1NC(=O)[C@@H](C)N(c1cccc([N+](=O)[O-])c1)S(C)(=O)=O. The molecule has 0 saturated heterocycles. The third-order valence-corrected chi connectivity index (χ3v) is 5.32. The second-order valence-electron chi connectivity index (χ2n) is 6.26. The molecule has 0 aliphatic carbocycles. The van der Waals surface area contributed by atoms with Gasteiger partial charge in [0.15, 0.2) is 0 Å². The molecule has 1 amide bonds. The lowest BCUT2D eigenvalue weighted by molar-refractivity contribution is -0.385. The Balaban J connectivity index is 2.40. The average molecular weight is 422 g/mol. The zero-order chi connectivity index (χ0) is 21.9. The highest BCUT2D eigenvalue weighted by Crippen LogP contribution is 2.27.